The SMILES string of the molecule is Cc1ncc(Cn2cnc3sc(C)cc3c2=O)o1. The Kier molecular flexibility index (Phi) is 2.52. The summed E-state index contributed by atoms with van der Waals surface area (Å²) in [5.41, 5.74) is -0.0431. The third kappa shape index (κ3) is 1.84. The van der Waals surface area contributed by atoms with E-state index in [-0.39, 0.29) is 5.56 Å². The molecule has 6 heteroatoms. The second-order valence-corrected chi connectivity index (χ2v) is 5.33. The topological polar surface area (TPSA) is 60.9 Å². The van der Waals surface area contributed by atoms with E-state index in [0.717, 1.165) is 9.71 Å². The van der Waals surface area contributed by atoms with Gasteiger partial charge in [0.1, 0.15) is 10.6 Å². The maximum atomic E-state index is 12.2. The number of oxazole rings is 1. The number of aromatic nitrogens is 3. The van der Waals surface area contributed by atoms with E-state index in [1.54, 1.807) is 19.4 Å². The van der Waals surface area contributed by atoms with Crippen molar-refractivity contribution in [2.45, 2.75) is 20.4 Å². The monoisotopic (exact) mass is 261 g/mol. The van der Waals surface area contributed by atoms with Gasteiger partial charge in [0.2, 0.25) is 0 Å². The first-order chi connectivity index (χ1) is 8.63. The van der Waals surface area contributed by atoms with Gasteiger partial charge in [-0.1, -0.05) is 0 Å². The lowest BCUT2D eigenvalue weighted by Crippen LogP contribution is -2.20. The van der Waals surface area contributed by atoms with Gasteiger partial charge in [-0.05, 0) is 13.0 Å². The molecule has 0 N–H and O–H groups in total. The first-order valence-electron chi connectivity index (χ1n) is 5.50. The molecular weight excluding hydrogens is 250 g/mol. The van der Waals surface area contributed by atoms with Crippen molar-refractivity contribution in [2.75, 3.05) is 0 Å². The molecule has 0 unspecified atom stereocenters. The maximum Gasteiger partial charge on any atom is 0.262 e. The van der Waals surface area contributed by atoms with Gasteiger partial charge in [0.05, 0.1) is 24.5 Å². The fraction of sp³-hybridized carbons (Fsp3) is 0.250. The van der Waals surface area contributed by atoms with Crippen molar-refractivity contribution < 1.29 is 4.42 Å². The van der Waals surface area contributed by atoms with Crippen LogP contribution in [0.2, 0.25) is 0 Å². The summed E-state index contributed by atoms with van der Waals surface area (Å²) in [6.45, 7) is 4.10. The van der Waals surface area contributed by atoms with Gasteiger partial charge >= 0.3 is 0 Å². The summed E-state index contributed by atoms with van der Waals surface area (Å²) >= 11 is 1.53. The Hall–Kier alpha value is -1.95. The first kappa shape index (κ1) is 11.2. The van der Waals surface area contributed by atoms with E-state index in [1.807, 2.05) is 13.0 Å². The molecule has 0 aliphatic carbocycles. The molecular formula is C12H11N3O2S. The lowest BCUT2D eigenvalue weighted by Gasteiger charge is -2.01. The van der Waals surface area contributed by atoms with E-state index in [0.29, 0.717) is 23.6 Å². The average molecular weight is 261 g/mol. The van der Waals surface area contributed by atoms with Crippen molar-refractivity contribution in [1.82, 2.24) is 14.5 Å². The molecule has 0 fully saturated rings. The molecule has 3 aromatic heterocycles. The number of nitrogens with zero attached hydrogens (tertiary/aromatic N) is 3. The quantitative estimate of drug-likeness (QED) is 0.709. The molecule has 0 radical (unpaired) electrons. The molecule has 92 valence electrons. The predicted molar refractivity (Wildman–Crippen MR) is 69.0 cm³/mol. The summed E-state index contributed by atoms with van der Waals surface area (Å²) in [6.07, 6.45) is 3.18. The summed E-state index contributed by atoms with van der Waals surface area (Å²) < 4.78 is 6.90. The standard InChI is InChI=1S/C12H11N3O2S/c1-7-3-10-11(18-7)14-6-15(12(10)16)5-9-4-13-8(2)17-9/h3-4,6H,5H2,1-2H3. The maximum absolute atomic E-state index is 12.2. The number of aryl methyl sites for hydroxylation is 2. The number of fused-ring (bicyclic) bond motifs is 1. The number of hydrogen-bond acceptors (Lipinski definition) is 5. The van der Waals surface area contributed by atoms with Gasteiger partial charge in [-0.2, -0.15) is 0 Å². The lowest BCUT2D eigenvalue weighted by molar-refractivity contribution is 0.459. The third-order valence-corrected chi connectivity index (χ3v) is 3.60. The van der Waals surface area contributed by atoms with Crippen LogP contribution in [0.1, 0.15) is 16.5 Å². The minimum absolute atomic E-state index is 0.0431. The van der Waals surface area contributed by atoms with Crippen LogP contribution < -0.4 is 5.56 Å². The zero-order valence-corrected chi connectivity index (χ0v) is 10.8. The Bertz CT molecular complexity index is 769. The summed E-state index contributed by atoms with van der Waals surface area (Å²) in [5.74, 6) is 1.25. The zero-order chi connectivity index (χ0) is 12.7. The molecule has 0 spiro atoms. The Morgan fingerprint density at radius 2 is 2.22 bits per heavy atom. The first-order valence-corrected chi connectivity index (χ1v) is 6.32. The second-order valence-electron chi connectivity index (χ2n) is 4.10. The van der Waals surface area contributed by atoms with Gasteiger partial charge < -0.3 is 4.42 Å². The zero-order valence-electron chi connectivity index (χ0n) is 10.0. The third-order valence-electron chi connectivity index (χ3n) is 2.64. The number of rotatable bonds is 2. The Labute approximate surface area is 107 Å². The van der Waals surface area contributed by atoms with Crippen LogP contribution in [0.25, 0.3) is 10.2 Å². The van der Waals surface area contributed by atoms with Crippen molar-refractivity contribution in [1.29, 1.82) is 0 Å². The molecule has 18 heavy (non-hydrogen) atoms. The van der Waals surface area contributed by atoms with Crippen molar-refractivity contribution >= 4 is 21.6 Å². The highest BCUT2D eigenvalue weighted by atomic mass is 32.1. The second kappa shape index (κ2) is 4.06. The van der Waals surface area contributed by atoms with E-state index < -0.39 is 0 Å². The van der Waals surface area contributed by atoms with Crippen LogP contribution in [-0.4, -0.2) is 14.5 Å². The fourth-order valence-corrected chi connectivity index (χ4v) is 2.68. The highest BCUT2D eigenvalue weighted by Gasteiger charge is 2.09. The summed E-state index contributed by atoms with van der Waals surface area (Å²) in [4.78, 5) is 22.4. The fourth-order valence-electron chi connectivity index (χ4n) is 1.84. The minimum Gasteiger partial charge on any atom is -0.444 e. The minimum atomic E-state index is -0.0431. The highest BCUT2D eigenvalue weighted by Crippen LogP contribution is 2.19. The predicted octanol–water partition coefficient (Wildman–Crippen LogP) is 2.11. The van der Waals surface area contributed by atoms with Crippen LogP contribution in [0.3, 0.4) is 0 Å². The van der Waals surface area contributed by atoms with Crippen molar-refractivity contribution in [2.24, 2.45) is 0 Å². The van der Waals surface area contributed by atoms with Crippen LogP contribution in [-0.2, 0) is 6.54 Å². The van der Waals surface area contributed by atoms with E-state index in [1.165, 1.54) is 15.9 Å². The van der Waals surface area contributed by atoms with E-state index >= 15 is 0 Å². The molecule has 0 saturated heterocycles. The Morgan fingerprint density at radius 3 is 2.94 bits per heavy atom. The highest BCUT2D eigenvalue weighted by molar-refractivity contribution is 7.18. The molecule has 0 aliphatic heterocycles. The molecule has 0 bridgehead atoms. The van der Waals surface area contributed by atoms with Gasteiger partial charge in [-0.3, -0.25) is 9.36 Å². The van der Waals surface area contributed by atoms with Gasteiger partial charge in [0.15, 0.2) is 5.89 Å². The van der Waals surface area contributed by atoms with Gasteiger partial charge in [-0.15, -0.1) is 11.3 Å². The molecule has 3 aromatic rings. The smallest absolute Gasteiger partial charge is 0.262 e. The van der Waals surface area contributed by atoms with E-state index in [4.69, 9.17) is 4.42 Å². The molecule has 0 aliphatic rings. The van der Waals surface area contributed by atoms with Gasteiger partial charge in [0.25, 0.3) is 5.56 Å². The van der Waals surface area contributed by atoms with Crippen LogP contribution >= 0.6 is 11.3 Å². The summed E-state index contributed by atoms with van der Waals surface area (Å²) in [6, 6.07) is 1.87. The molecule has 3 heterocycles. The number of thiophene rings is 1. The van der Waals surface area contributed by atoms with Gasteiger partial charge in [-0.25, -0.2) is 9.97 Å². The number of hydrogen-bond donors (Lipinski definition) is 0. The molecule has 0 aromatic carbocycles. The van der Waals surface area contributed by atoms with E-state index in [2.05, 4.69) is 9.97 Å². The van der Waals surface area contributed by atoms with Crippen molar-refractivity contribution in [3.05, 3.63) is 45.5 Å². The van der Waals surface area contributed by atoms with Gasteiger partial charge in [0, 0.05) is 11.8 Å². The van der Waals surface area contributed by atoms with Crippen molar-refractivity contribution in [3.63, 3.8) is 0 Å². The average Bonchev–Trinajstić information content (AvgIpc) is 2.89. The summed E-state index contributed by atoms with van der Waals surface area (Å²) in [7, 11) is 0. The normalized spacial score (nSPS) is 11.2. The summed E-state index contributed by atoms with van der Waals surface area (Å²) in [5, 5.41) is 0.663. The van der Waals surface area contributed by atoms with Crippen LogP contribution in [0, 0.1) is 13.8 Å². The van der Waals surface area contributed by atoms with Crippen LogP contribution in [0.5, 0.6) is 0 Å². The lowest BCUT2D eigenvalue weighted by atomic mass is 10.3. The van der Waals surface area contributed by atoms with Crippen LogP contribution in [0.15, 0.2) is 27.8 Å². The molecule has 5 nitrogen and oxygen atoms in total. The van der Waals surface area contributed by atoms with Crippen molar-refractivity contribution in [3.8, 4) is 0 Å². The molecule has 0 amide bonds. The van der Waals surface area contributed by atoms with E-state index in [9.17, 15) is 4.79 Å². The molecule has 0 saturated carbocycles. The van der Waals surface area contributed by atoms with Crippen LogP contribution in [0.4, 0.5) is 0 Å². The largest absolute Gasteiger partial charge is 0.444 e. The Morgan fingerprint density at radius 1 is 1.39 bits per heavy atom. The Balaban J connectivity index is 2.07. The molecule has 0 atom stereocenters. The molecule has 3 rings (SSSR count).